The summed E-state index contributed by atoms with van der Waals surface area (Å²) in [5.74, 6) is 0.663. The van der Waals surface area contributed by atoms with Gasteiger partial charge in [0, 0.05) is 13.1 Å². The van der Waals surface area contributed by atoms with Crippen LogP contribution in [0.25, 0.3) is 0 Å². The van der Waals surface area contributed by atoms with Crippen LogP contribution in [-0.2, 0) is 4.79 Å². The van der Waals surface area contributed by atoms with Crippen LogP contribution in [0.1, 0.15) is 24.3 Å². The smallest absolute Gasteiger partial charge is 0.244 e. The zero-order valence-electron chi connectivity index (χ0n) is 9.73. The molecule has 92 valence electrons. The van der Waals surface area contributed by atoms with Crippen molar-refractivity contribution in [2.45, 2.75) is 18.8 Å². The lowest BCUT2D eigenvalue weighted by Gasteiger charge is -2.32. The predicted molar refractivity (Wildman–Crippen MR) is 71.9 cm³/mol. The number of hydrogen-bond donors (Lipinski definition) is 1. The van der Waals surface area contributed by atoms with Gasteiger partial charge in [-0.15, -0.1) is 0 Å². The Balaban J connectivity index is 1.84. The molecule has 0 unspecified atom stereocenters. The van der Waals surface area contributed by atoms with Gasteiger partial charge >= 0.3 is 0 Å². The molecule has 1 amide bonds. The van der Waals surface area contributed by atoms with Crippen LogP contribution in [0.3, 0.4) is 0 Å². The number of nitrogens with one attached hydrogen (secondary N) is 1. The third-order valence-corrected chi connectivity index (χ3v) is 3.68. The van der Waals surface area contributed by atoms with Crippen molar-refractivity contribution in [3.8, 4) is 0 Å². The SMILES string of the molecule is O=C(CBr)NN1CCC(c2ccccc2)CC1. The molecule has 1 saturated heterocycles. The third-order valence-electron chi connectivity index (χ3n) is 3.17. The Morgan fingerprint density at radius 3 is 2.53 bits per heavy atom. The molecule has 4 heteroatoms. The van der Waals surface area contributed by atoms with Gasteiger partial charge in [0.1, 0.15) is 0 Å². The molecule has 1 N–H and O–H groups in total. The fraction of sp³-hybridized carbons (Fsp3) is 0.462. The number of amides is 1. The lowest BCUT2D eigenvalue weighted by atomic mass is 9.90. The van der Waals surface area contributed by atoms with Crippen LogP contribution >= 0.6 is 15.9 Å². The Bertz CT molecular complexity index is 361. The molecule has 0 aromatic heterocycles. The standard InChI is InChI=1S/C13H17BrN2O/c14-10-13(17)15-16-8-6-12(7-9-16)11-4-2-1-3-5-11/h1-5,12H,6-10H2,(H,15,17). The Kier molecular flexibility index (Phi) is 4.57. The summed E-state index contributed by atoms with van der Waals surface area (Å²) in [6.45, 7) is 1.86. The van der Waals surface area contributed by atoms with Crippen molar-refractivity contribution in [1.82, 2.24) is 10.4 Å². The molecule has 0 bridgehead atoms. The number of hydrogen-bond acceptors (Lipinski definition) is 2. The van der Waals surface area contributed by atoms with E-state index in [2.05, 4.69) is 51.7 Å². The van der Waals surface area contributed by atoms with Crippen LogP contribution < -0.4 is 5.43 Å². The van der Waals surface area contributed by atoms with Crippen LogP contribution in [0.15, 0.2) is 30.3 Å². The number of alkyl halides is 1. The average Bonchev–Trinajstić information content (AvgIpc) is 2.40. The third kappa shape index (κ3) is 3.54. The molecule has 0 spiro atoms. The molecule has 1 fully saturated rings. The van der Waals surface area contributed by atoms with E-state index in [1.165, 1.54) is 5.56 Å². The predicted octanol–water partition coefficient (Wildman–Crippen LogP) is 2.29. The van der Waals surface area contributed by atoms with Crippen LogP contribution in [-0.4, -0.2) is 29.3 Å². The molecule has 2 rings (SSSR count). The number of hydrazine groups is 1. The van der Waals surface area contributed by atoms with Crippen LogP contribution in [0.5, 0.6) is 0 Å². The van der Waals surface area contributed by atoms with E-state index in [0.717, 1.165) is 25.9 Å². The Morgan fingerprint density at radius 2 is 1.94 bits per heavy atom. The molecule has 1 aliphatic rings. The molecule has 1 aromatic carbocycles. The summed E-state index contributed by atoms with van der Waals surface area (Å²) in [4.78, 5) is 11.2. The van der Waals surface area contributed by atoms with Crippen molar-refractivity contribution in [2.24, 2.45) is 0 Å². The molecule has 3 nitrogen and oxygen atoms in total. The van der Waals surface area contributed by atoms with Crippen LogP contribution in [0.4, 0.5) is 0 Å². The first-order valence-corrected chi connectivity index (χ1v) is 7.07. The van der Waals surface area contributed by atoms with Gasteiger partial charge in [-0.2, -0.15) is 0 Å². The first-order valence-electron chi connectivity index (χ1n) is 5.95. The summed E-state index contributed by atoms with van der Waals surface area (Å²) in [5, 5.41) is 2.38. The molecule has 1 aliphatic heterocycles. The maximum Gasteiger partial charge on any atom is 0.244 e. The topological polar surface area (TPSA) is 32.3 Å². The Labute approximate surface area is 110 Å². The van der Waals surface area contributed by atoms with Crippen LogP contribution in [0, 0.1) is 0 Å². The van der Waals surface area contributed by atoms with Gasteiger partial charge in [-0.3, -0.25) is 10.2 Å². The van der Waals surface area contributed by atoms with Gasteiger partial charge in [-0.25, -0.2) is 5.01 Å². The molecular weight excluding hydrogens is 280 g/mol. The van der Waals surface area contributed by atoms with Crippen molar-refractivity contribution in [1.29, 1.82) is 0 Å². The van der Waals surface area contributed by atoms with E-state index in [1.807, 2.05) is 5.01 Å². The Hall–Kier alpha value is -0.870. The molecule has 1 heterocycles. The number of rotatable bonds is 3. The van der Waals surface area contributed by atoms with Crippen molar-refractivity contribution in [3.05, 3.63) is 35.9 Å². The van der Waals surface area contributed by atoms with Crippen molar-refractivity contribution in [3.63, 3.8) is 0 Å². The highest BCUT2D eigenvalue weighted by Gasteiger charge is 2.20. The van der Waals surface area contributed by atoms with E-state index in [-0.39, 0.29) is 5.91 Å². The van der Waals surface area contributed by atoms with Gasteiger partial charge in [0.05, 0.1) is 5.33 Å². The highest BCUT2D eigenvalue weighted by molar-refractivity contribution is 9.09. The summed E-state index contributed by atoms with van der Waals surface area (Å²) < 4.78 is 0. The van der Waals surface area contributed by atoms with Crippen LogP contribution in [0.2, 0.25) is 0 Å². The molecule has 1 aromatic rings. The normalized spacial score (nSPS) is 17.9. The maximum absolute atomic E-state index is 11.2. The fourth-order valence-electron chi connectivity index (χ4n) is 2.26. The second-order valence-corrected chi connectivity index (χ2v) is 4.90. The van der Waals surface area contributed by atoms with Gasteiger partial charge in [-0.05, 0) is 24.3 Å². The average molecular weight is 297 g/mol. The van der Waals surface area contributed by atoms with E-state index in [9.17, 15) is 4.79 Å². The molecule has 0 aliphatic carbocycles. The summed E-state index contributed by atoms with van der Waals surface area (Å²) in [7, 11) is 0. The molecular formula is C13H17BrN2O. The largest absolute Gasteiger partial charge is 0.288 e. The zero-order chi connectivity index (χ0) is 12.1. The second kappa shape index (κ2) is 6.17. The fourth-order valence-corrected chi connectivity index (χ4v) is 2.38. The molecule has 0 atom stereocenters. The number of piperidine rings is 1. The minimum Gasteiger partial charge on any atom is -0.288 e. The minimum absolute atomic E-state index is 0.0307. The Morgan fingerprint density at radius 1 is 1.29 bits per heavy atom. The van der Waals surface area contributed by atoms with Gasteiger partial charge in [0.2, 0.25) is 5.91 Å². The highest BCUT2D eigenvalue weighted by atomic mass is 79.9. The highest BCUT2D eigenvalue weighted by Crippen LogP contribution is 2.26. The molecule has 0 radical (unpaired) electrons. The summed E-state index contributed by atoms with van der Waals surface area (Å²) in [5.41, 5.74) is 4.30. The van der Waals surface area contributed by atoms with Crippen molar-refractivity contribution in [2.75, 3.05) is 18.4 Å². The van der Waals surface area contributed by atoms with Crippen molar-refractivity contribution < 1.29 is 4.79 Å². The molecule has 0 saturated carbocycles. The lowest BCUT2D eigenvalue weighted by molar-refractivity contribution is -0.123. The van der Waals surface area contributed by atoms with E-state index < -0.39 is 0 Å². The lowest BCUT2D eigenvalue weighted by Crippen LogP contribution is -2.46. The summed E-state index contributed by atoms with van der Waals surface area (Å²) in [6.07, 6.45) is 2.21. The number of nitrogens with zero attached hydrogens (tertiary/aromatic N) is 1. The van der Waals surface area contributed by atoms with Gasteiger partial charge in [0.15, 0.2) is 0 Å². The van der Waals surface area contributed by atoms with E-state index in [0.29, 0.717) is 11.2 Å². The number of carbonyl (C=O) groups is 1. The minimum atomic E-state index is 0.0307. The monoisotopic (exact) mass is 296 g/mol. The van der Waals surface area contributed by atoms with Crippen molar-refractivity contribution >= 4 is 21.8 Å². The molecule has 17 heavy (non-hydrogen) atoms. The first-order chi connectivity index (χ1) is 8.29. The number of halogens is 1. The number of carbonyl (C=O) groups excluding carboxylic acids is 1. The quantitative estimate of drug-likeness (QED) is 0.868. The number of benzene rings is 1. The van der Waals surface area contributed by atoms with E-state index >= 15 is 0 Å². The van der Waals surface area contributed by atoms with Gasteiger partial charge in [0.25, 0.3) is 0 Å². The maximum atomic E-state index is 11.2. The van der Waals surface area contributed by atoms with Gasteiger partial charge < -0.3 is 0 Å². The zero-order valence-corrected chi connectivity index (χ0v) is 11.3. The second-order valence-electron chi connectivity index (χ2n) is 4.34. The summed E-state index contributed by atoms with van der Waals surface area (Å²) >= 11 is 3.15. The van der Waals surface area contributed by atoms with E-state index in [4.69, 9.17) is 0 Å². The van der Waals surface area contributed by atoms with E-state index in [1.54, 1.807) is 0 Å². The first kappa shape index (κ1) is 12.6. The summed E-state index contributed by atoms with van der Waals surface area (Å²) in [6, 6.07) is 10.6. The van der Waals surface area contributed by atoms with Gasteiger partial charge in [-0.1, -0.05) is 46.3 Å².